The first-order valence-corrected chi connectivity index (χ1v) is 6.20. The molecule has 2 nitrogen and oxygen atoms in total. The van der Waals surface area contributed by atoms with E-state index in [0.717, 1.165) is 4.47 Å². The average molecular weight is 302 g/mol. The van der Waals surface area contributed by atoms with E-state index in [1.54, 1.807) is 24.1 Å². The van der Waals surface area contributed by atoms with Gasteiger partial charge in [0.15, 0.2) is 0 Å². The van der Waals surface area contributed by atoms with Crippen molar-refractivity contribution in [1.29, 1.82) is 0 Å². The summed E-state index contributed by atoms with van der Waals surface area (Å²) in [4.78, 5) is 13.5. The van der Waals surface area contributed by atoms with E-state index in [4.69, 9.17) is 0 Å². The molecule has 0 fully saturated rings. The number of carbonyl (C=O) groups is 1. The number of hydrogen-bond donors (Lipinski definition) is 0. The minimum atomic E-state index is -0.447. The summed E-state index contributed by atoms with van der Waals surface area (Å²) >= 11 is 3.29. The molecule has 17 heavy (non-hydrogen) atoms. The molecule has 0 spiro atoms. The monoisotopic (exact) mass is 301 g/mol. The van der Waals surface area contributed by atoms with Crippen molar-refractivity contribution in [2.45, 2.75) is 27.3 Å². The molecule has 0 aliphatic rings. The quantitative estimate of drug-likeness (QED) is 0.817. The van der Waals surface area contributed by atoms with Crippen molar-refractivity contribution in [3.8, 4) is 0 Å². The molecule has 1 aromatic rings. The molecule has 1 aromatic carbocycles. The highest BCUT2D eigenvalue weighted by atomic mass is 79.9. The van der Waals surface area contributed by atoms with Crippen molar-refractivity contribution < 1.29 is 9.18 Å². The van der Waals surface area contributed by atoms with E-state index < -0.39 is 5.41 Å². The summed E-state index contributed by atoms with van der Waals surface area (Å²) in [7, 11) is 1.69. The first-order chi connectivity index (χ1) is 7.71. The van der Waals surface area contributed by atoms with Crippen LogP contribution < -0.4 is 0 Å². The van der Waals surface area contributed by atoms with Crippen LogP contribution in [0.2, 0.25) is 0 Å². The third-order valence-electron chi connectivity index (χ3n) is 2.40. The fourth-order valence-corrected chi connectivity index (χ4v) is 1.97. The molecule has 1 amide bonds. The largest absolute Gasteiger partial charge is 0.341 e. The Balaban J connectivity index is 2.85. The van der Waals surface area contributed by atoms with Crippen LogP contribution in [-0.4, -0.2) is 17.9 Å². The smallest absolute Gasteiger partial charge is 0.227 e. The molecule has 4 heteroatoms. The van der Waals surface area contributed by atoms with Gasteiger partial charge >= 0.3 is 0 Å². The highest BCUT2D eigenvalue weighted by Crippen LogP contribution is 2.20. The Morgan fingerprint density at radius 1 is 1.41 bits per heavy atom. The van der Waals surface area contributed by atoms with Crippen molar-refractivity contribution in [3.05, 3.63) is 34.1 Å². The number of benzene rings is 1. The molecule has 0 saturated heterocycles. The first-order valence-electron chi connectivity index (χ1n) is 5.41. The summed E-state index contributed by atoms with van der Waals surface area (Å²) in [6, 6.07) is 4.74. The Morgan fingerprint density at radius 2 is 2.00 bits per heavy atom. The summed E-state index contributed by atoms with van der Waals surface area (Å²) in [5, 5.41) is 0. The molecule has 0 radical (unpaired) electrons. The number of rotatable bonds is 2. The van der Waals surface area contributed by atoms with Crippen molar-refractivity contribution in [3.63, 3.8) is 0 Å². The topological polar surface area (TPSA) is 20.3 Å². The number of nitrogens with zero attached hydrogens (tertiary/aromatic N) is 1. The van der Waals surface area contributed by atoms with Crippen LogP contribution in [0.25, 0.3) is 0 Å². The van der Waals surface area contributed by atoms with Crippen LogP contribution in [0.1, 0.15) is 26.3 Å². The molecular weight excluding hydrogens is 285 g/mol. The maximum atomic E-state index is 13.5. The van der Waals surface area contributed by atoms with Crippen LogP contribution >= 0.6 is 15.9 Å². The molecule has 0 atom stereocenters. The summed E-state index contributed by atoms with van der Waals surface area (Å²) in [6.07, 6.45) is 0. The predicted molar refractivity (Wildman–Crippen MR) is 70.0 cm³/mol. The fraction of sp³-hybridized carbons (Fsp3) is 0.462. The maximum absolute atomic E-state index is 13.5. The molecule has 0 heterocycles. The van der Waals surface area contributed by atoms with Crippen molar-refractivity contribution in [2.75, 3.05) is 7.05 Å². The number of carbonyl (C=O) groups excluding carboxylic acids is 1. The van der Waals surface area contributed by atoms with Crippen LogP contribution in [0, 0.1) is 11.2 Å². The van der Waals surface area contributed by atoms with Gasteiger partial charge < -0.3 is 4.90 Å². The molecule has 0 bridgehead atoms. The summed E-state index contributed by atoms with van der Waals surface area (Å²) in [5.74, 6) is -0.293. The Bertz CT molecular complexity index is 426. The molecule has 0 N–H and O–H groups in total. The Hall–Kier alpha value is -0.900. The van der Waals surface area contributed by atoms with E-state index in [9.17, 15) is 9.18 Å². The van der Waals surface area contributed by atoms with Crippen LogP contribution in [0.3, 0.4) is 0 Å². The van der Waals surface area contributed by atoms with Gasteiger partial charge in [0.1, 0.15) is 5.82 Å². The normalized spacial score (nSPS) is 11.4. The first kappa shape index (κ1) is 14.2. The van der Waals surface area contributed by atoms with Gasteiger partial charge in [-0.05, 0) is 18.2 Å². The fourth-order valence-electron chi connectivity index (χ4n) is 1.56. The molecule has 1 rings (SSSR count). The second kappa shape index (κ2) is 5.17. The zero-order valence-electron chi connectivity index (χ0n) is 10.6. The summed E-state index contributed by atoms with van der Waals surface area (Å²) in [5.41, 5.74) is 0.0662. The van der Waals surface area contributed by atoms with E-state index >= 15 is 0 Å². The van der Waals surface area contributed by atoms with Crippen molar-refractivity contribution in [2.24, 2.45) is 5.41 Å². The molecule has 0 aliphatic heterocycles. The van der Waals surface area contributed by atoms with E-state index in [1.807, 2.05) is 20.8 Å². The highest BCUT2D eigenvalue weighted by Gasteiger charge is 2.25. The van der Waals surface area contributed by atoms with Gasteiger partial charge in [0, 0.05) is 29.0 Å². The van der Waals surface area contributed by atoms with Gasteiger partial charge in [-0.1, -0.05) is 36.7 Å². The lowest BCUT2D eigenvalue weighted by Gasteiger charge is -2.26. The standard InChI is InChI=1S/C13H17BrFNO/c1-13(2,3)12(17)16(4)8-9-7-10(14)5-6-11(9)15/h5-7H,8H2,1-4H3. The van der Waals surface area contributed by atoms with Gasteiger partial charge in [0.2, 0.25) is 5.91 Å². The predicted octanol–water partition coefficient (Wildman–Crippen LogP) is 3.59. The van der Waals surface area contributed by atoms with E-state index in [-0.39, 0.29) is 18.3 Å². The molecule has 94 valence electrons. The van der Waals surface area contributed by atoms with Crippen LogP contribution in [0.4, 0.5) is 4.39 Å². The minimum absolute atomic E-state index is 0.00289. The Morgan fingerprint density at radius 3 is 2.53 bits per heavy atom. The van der Waals surface area contributed by atoms with Gasteiger partial charge in [-0.3, -0.25) is 4.79 Å². The van der Waals surface area contributed by atoms with Crippen molar-refractivity contribution >= 4 is 21.8 Å². The van der Waals surface area contributed by atoms with Crippen LogP contribution in [-0.2, 0) is 11.3 Å². The zero-order valence-corrected chi connectivity index (χ0v) is 12.1. The summed E-state index contributed by atoms with van der Waals surface area (Å²) < 4.78 is 14.3. The van der Waals surface area contributed by atoms with E-state index in [1.165, 1.54) is 6.07 Å². The maximum Gasteiger partial charge on any atom is 0.227 e. The number of halogens is 2. The Labute approximate surface area is 110 Å². The summed E-state index contributed by atoms with van der Waals surface area (Å²) in [6.45, 7) is 5.83. The molecule has 0 aromatic heterocycles. The van der Waals surface area contributed by atoms with Crippen LogP contribution in [0.15, 0.2) is 22.7 Å². The van der Waals surface area contributed by atoms with Crippen LogP contribution in [0.5, 0.6) is 0 Å². The molecule has 0 saturated carbocycles. The van der Waals surface area contributed by atoms with E-state index in [2.05, 4.69) is 15.9 Å². The SMILES string of the molecule is CN(Cc1cc(Br)ccc1F)C(=O)C(C)(C)C. The molecule has 0 unspecified atom stereocenters. The number of hydrogen-bond acceptors (Lipinski definition) is 1. The van der Waals surface area contributed by atoms with Gasteiger partial charge in [0.05, 0.1) is 0 Å². The Kier molecular flexibility index (Phi) is 4.31. The van der Waals surface area contributed by atoms with Gasteiger partial charge in [-0.2, -0.15) is 0 Å². The minimum Gasteiger partial charge on any atom is -0.341 e. The average Bonchev–Trinajstić information content (AvgIpc) is 2.21. The molecule has 0 aliphatic carbocycles. The second-order valence-electron chi connectivity index (χ2n) is 5.15. The lowest BCUT2D eigenvalue weighted by Crippen LogP contribution is -2.36. The third kappa shape index (κ3) is 3.80. The lowest BCUT2D eigenvalue weighted by atomic mass is 9.95. The number of amides is 1. The van der Waals surface area contributed by atoms with Gasteiger partial charge in [0.25, 0.3) is 0 Å². The lowest BCUT2D eigenvalue weighted by molar-refractivity contribution is -0.138. The van der Waals surface area contributed by atoms with E-state index in [0.29, 0.717) is 5.56 Å². The highest BCUT2D eigenvalue weighted by molar-refractivity contribution is 9.10. The molecular formula is C13H17BrFNO. The van der Waals surface area contributed by atoms with Crippen molar-refractivity contribution in [1.82, 2.24) is 4.90 Å². The zero-order chi connectivity index (χ0) is 13.2. The second-order valence-corrected chi connectivity index (χ2v) is 6.06. The van der Waals surface area contributed by atoms with Gasteiger partial charge in [-0.25, -0.2) is 4.39 Å². The van der Waals surface area contributed by atoms with Gasteiger partial charge in [-0.15, -0.1) is 0 Å². The third-order valence-corrected chi connectivity index (χ3v) is 2.90.